The molecule has 1 N–H and O–H groups in total. The number of nitrogens with zero attached hydrogens (tertiary/aromatic N) is 3. The predicted octanol–water partition coefficient (Wildman–Crippen LogP) is 3.67. The summed E-state index contributed by atoms with van der Waals surface area (Å²) in [6, 6.07) is 8.24. The third kappa shape index (κ3) is 2.88. The SMILES string of the molecule is CCNc1ncnc(Cc2nc3ccccc3s2)c1CC. The molecule has 108 valence electrons. The van der Waals surface area contributed by atoms with Crippen molar-refractivity contribution in [2.45, 2.75) is 26.7 Å². The molecule has 1 aromatic carbocycles. The maximum Gasteiger partial charge on any atom is 0.132 e. The molecule has 3 aromatic rings. The second kappa shape index (κ2) is 6.18. The number of fused-ring (bicyclic) bond motifs is 1. The van der Waals surface area contributed by atoms with E-state index in [2.05, 4.69) is 47.3 Å². The lowest BCUT2D eigenvalue weighted by Crippen LogP contribution is -2.08. The third-order valence-electron chi connectivity index (χ3n) is 3.39. The average molecular weight is 298 g/mol. The summed E-state index contributed by atoms with van der Waals surface area (Å²) in [7, 11) is 0. The van der Waals surface area contributed by atoms with Crippen LogP contribution in [0.15, 0.2) is 30.6 Å². The zero-order chi connectivity index (χ0) is 14.7. The van der Waals surface area contributed by atoms with Crippen LogP contribution in [-0.2, 0) is 12.8 Å². The molecule has 0 amide bonds. The van der Waals surface area contributed by atoms with Crippen molar-refractivity contribution >= 4 is 27.4 Å². The van der Waals surface area contributed by atoms with Crippen molar-refractivity contribution < 1.29 is 0 Å². The number of aromatic nitrogens is 3. The second-order valence-electron chi connectivity index (χ2n) is 4.78. The first-order valence-electron chi connectivity index (χ1n) is 7.22. The van der Waals surface area contributed by atoms with Gasteiger partial charge in [-0.15, -0.1) is 11.3 Å². The summed E-state index contributed by atoms with van der Waals surface area (Å²) < 4.78 is 1.23. The van der Waals surface area contributed by atoms with Gasteiger partial charge in [-0.1, -0.05) is 19.1 Å². The first kappa shape index (κ1) is 13.9. The fourth-order valence-corrected chi connectivity index (χ4v) is 3.40. The third-order valence-corrected chi connectivity index (χ3v) is 4.43. The van der Waals surface area contributed by atoms with Gasteiger partial charge in [-0.2, -0.15) is 0 Å². The van der Waals surface area contributed by atoms with Crippen molar-refractivity contribution in [3.8, 4) is 0 Å². The second-order valence-corrected chi connectivity index (χ2v) is 5.90. The van der Waals surface area contributed by atoms with Gasteiger partial charge in [0.15, 0.2) is 0 Å². The Balaban J connectivity index is 1.95. The predicted molar refractivity (Wildman–Crippen MR) is 88.0 cm³/mol. The number of anilines is 1. The number of hydrogen-bond acceptors (Lipinski definition) is 5. The van der Waals surface area contributed by atoms with Crippen LogP contribution in [0.3, 0.4) is 0 Å². The number of rotatable bonds is 5. The van der Waals surface area contributed by atoms with Crippen molar-refractivity contribution in [2.75, 3.05) is 11.9 Å². The fraction of sp³-hybridized carbons (Fsp3) is 0.312. The van der Waals surface area contributed by atoms with E-state index in [4.69, 9.17) is 4.98 Å². The molecular formula is C16H18N4S. The van der Waals surface area contributed by atoms with Gasteiger partial charge in [0.05, 0.1) is 20.9 Å². The standard InChI is InChI=1S/C16H18N4S/c1-3-11-13(18-10-19-16(11)17-4-2)9-15-20-12-7-5-6-8-14(12)21-15/h5-8,10H,3-4,9H2,1-2H3,(H,17,18,19). The Morgan fingerprint density at radius 2 is 2.00 bits per heavy atom. The molecule has 0 aliphatic heterocycles. The number of benzene rings is 1. The van der Waals surface area contributed by atoms with Gasteiger partial charge < -0.3 is 5.32 Å². The minimum atomic E-state index is 0.767. The van der Waals surface area contributed by atoms with Crippen molar-refractivity contribution in [3.05, 3.63) is 46.9 Å². The van der Waals surface area contributed by atoms with Crippen LogP contribution in [0, 0.1) is 0 Å². The molecule has 0 atom stereocenters. The van der Waals surface area contributed by atoms with Gasteiger partial charge in [-0.25, -0.2) is 15.0 Å². The van der Waals surface area contributed by atoms with Crippen molar-refractivity contribution in [1.29, 1.82) is 0 Å². The van der Waals surface area contributed by atoms with Crippen molar-refractivity contribution in [2.24, 2.45) is 0 Å². The van der Waals surface area contributed by atoms with E-state index in [0.717, 1.165) is 41.4 Å². The number of hydrogen-bond donors (Lipinski definition) is 1. The summed E-state index contributed by atoms with van der Waals surface area (Å²) in [5.74, 6) is 0.950. The number of nitrogens with one attached hydrogen (secondary N) is 1. The topological polar surface area (TPSA) is 50.7 Å². The van der Waals surface area contributed by atoms with Gasteiger partial charge in [0.1, 0.15) is 12.1 Å². The maximum absolute atomic E-state index is 4.70. The molecule has 0 unspecified atom stereocenters. The lowest BCUT2D eigenvalue weighted by Gasteiger charge is -2.11. The Morgan fingerprint density at radius 3 is 2.76 bits per heavy atom. The molecule has 0 saturated carbocycles. The summed E-state index contributed by atoms with van der Waals surface area (Å²) >= 11 is 1.74. The lowest BCUT2D eigenvalue weighted by atomic mass is 10.1. The molecule has 0 bridgehead atoms. The molecule has 4 nitrogen and oxygen atoms in total. The first-order chi connectivity index (χ1) is 10.3. The van der Waals surface area contributed by atoms with E-state index >= 15 is 0 Å². The zero-order valence-corrected chi connectivity index (χ0v) is 13.1. The van der Waals surface area contributed by atoms with Crippen LogP contribution >= 0.6 is 11.3 Å². The molecule has 0 aliphatic rings. The summed E-state index contributed by atoms with van der Waals surface area (Å²) in [5, 5.41) is 4.42. The minimum absolute atomic E-state index is 0.767. The molecular weight excluding hydrogens is 280 g/mol. The van der Waals surface area contributed by atoms with Crippen molar-refractivity contribution in [1.82, 2.24) is 15.0 Å². The van der Waals surface area contributed by atoms with E-state index in [1.807, 2.05) is 6.07 Å². The van der Waals surface area contributed by atoms with E-state index < -0.39 is 0 Å². The smallest absolute Gasteiger partial charge is 0.132 e. The van der Waals surface area contributed by atoms with Crippen LogP contribution < -0.4 is 5.32 Å². The van der Waals surface area contributed by atoms with Crippen LogP contribution in [0.25, 0.3) is 10.2 Å². The molecule has 2 heterocycles. The van der Waals surface area contributed by atoms with E-state index in [0.29, 0.717) is 0 Å². The number of thiazole rings is 1. The van der Waals surface area contributed by atoms with Gasteiger partial charge in [0.25, 0.3) is 0 Å². The molecule has 21 heavy (non-hydrogen) atoms. The Labute approximate surface area is 128 Å². The first-order valence-corrected chi connectivity index (χ1v) is 8.04. The largest absolute Gasteiger partial charge is 0.370 e. The molecule has 5 heteroatoms. The summed E-state index contributed by atoms with van der Waals surface area (Å²) in [4.78, 5) is 13.5. The fourth-order valence-electron chi connectivity index (χ4n) is 2.43. The number of para-hydroxylation sites is 1. The monoisotopic (exact) mass is 298 g/mol. The highest BCUT2D eigenvalue weighted by molar-refractivity contribution is 7.18. The summed E-state index contributed by atoms with van der Waals surface area (Å²) in [6.45, 7) is 5.08. The summed E-state index contributed by atoms with van der Waals surface area (Å²) in [5.41, 5.74) is 3.33. The Bertz CT molecular complexity index is 718. The Kier molecular flexibility index (Phi) is 4.10. The van der Waals surface area contributed by atoms with E-state index in [-0.39, 0.29) is 0 Å². The molecule has 3 rings (SSSR count). The molecule has 0 saturated heterocycles. The quantitative estimate of drug-likeness (QED) is 0.781. The van der Waals surface area contributed by atoms with Gasteiger partial charge in [0, 0.05) is 18.5 Å². The molecule has 0 radical (unpaired) electrons. The maximum atomic E-state index is 4.70. The van der Waals surface area contributed by atoms with E-state index in [1.54, 1.807) is 17.7 Å². The van der Waals surface area contributed by atoms with E-state index in [9.17, 15) is 0 Å². The highest BCUT2D eigenvalue weighted by Gasteiger charge is 2.12. The highest BCUT2D eigenvalue weighted by Crippen LogP contribution is 2.25. The van der Waals surface area contributed by atoms with Gasteiger partial charge >= 0.3 is 0 Å². The van der Waals surface area contributed by atoms with Crippen LogP contribution in [0.2, 0.25) is 0 Å². The molecule has 0 aliphatic carbocycles. The zero-order valence-electron chi connectivity index (χ0n) is 12.3. The lowest BCUT2D eigenvalue weighted by molar-refractivity contribution is 0.939. The minimum Gasteiger partial charge on any atom is -0.370 e. The molecule has 0 spiro atoms. The van der Waals surface area contributed by atoms with Gasteiger partial charge in [-0.05, 0) is 25.5 Å². The molecule has 0 fully saturated rings. The molecule has 2 aromatic heterocycles. The van der Waals surface area contributed by atoms with E-state index in [1.165, 1.54) is 10.3 Å². The van der Waals surface area contributed by atoms with Gasteiger partial charge in [-0.3, -0.25) is 0 Å². The van der Waals surface area contributed by atoms with Crippen LogP contribution in [0.5, 0.6) is 0 Å². The normalized spacial score (nSPS) is 11.0. The van der Waals surface area contributed by atoms with Crippen molar-refractivity contribution in [3.63, 3.8) is 0 Å². The van der Waals surface area contributed by atoms with Crippen LogP contribution in [-0.4, -0.2) is 21.5 Å². The average Bonchev–Trinajstić information content (AvgIpc) is 2.90. The van der Waals surface area contributed by atoms with Crippen LogP contribution in [0.1, 0.15) is 30.1 Å². The Morgan fingerprint density at radius 1 is 1.14 bits per heavy atom. The highest BCUT2D eigenvalue weighted by atomic mass is 32.1. The van der Waals surface area contributed by atoms with Gasteiger partial charge in [0.2, 0.25) is 0 Å². The summed E-state index contributed by atoms with van der Waals surface area (Å²) in [6.07, 6.45) is 3.33. The van der Waals surface area contributed by atoms with Crippen LogP contribution in [0.4, 0.5) is 5.82 Å². The Hall–Kier alpha value is -2.01.